The molecule has 0 saturated heterocycles. The summed E-state index contributed by atoms with van der Waals surface area (Å²) >= 11 is 0. The second-order valence-corrected chi connectivity index (χ2v) is 5.80. The summed E-state index contributed by atoms with van der Waals surface area (Å²) in [4.78, 5) is 29.3. The van der Waals surface area contributed by atoms with E-state index in [1.54, 1.807) is 30.3 Å². The van der Waals surface area contributed by atoms with E-state index < -0.39 is 24.3 Å². The molecule has 1 amide bonds. The van der Waals surface area contributed by atoms with Crippen molar-refractivity contribution in [2.24, 2.45) is 0 Å². The van der Waals surface area contributed by atoms with Gasteiger partial charge in [-0.05, 0) is 18.2 Å². The molecule has 0 aliphatic carbocycles. The first-order chi connectivity index (χ1) is 13.0. The molecule has 1 aromatic heterocycles. The van der Waals surface area contributed by atoms with Crippen LogP contribution in [0.3, 0.4) is 0 Å². The number of ether oxygens (including phenoxy) is 1. The predicted molar refractivity (Wildman–Crippen MR) is 96.9 cm³/mol. The fraction of sp³-hybridized carbons (Fsp3) is 0.150. The third-order valence-corrected chi connectivity index (χ3v) is 3.80. The molecular weight excluding hydrogens is 351 g/mol. The van der Waals surface area contributed by atoms with Gasteiger partial charge in [-0.3, -0.25) is 4.79 Å². The Hall–Kier alpha value is -3.48. The molecule has 0 bridgehead atoms. The van der Waals surface area contributed by atoms with E-state index in [0.717, 1.165) is 6.08 Å². The number of rotatable bonds is 6. The Morgan fingerprint density at radius 2 is 1.93 bits per heavy atom. The Balaban J connectivity index is 1.50. The summed E-state index contributed by atoms with van der Waals surface area (Å²) < 4.78 is 24.0. The number of likely N-dealkylation sites (N-methyl/N-ethyl adjacent to an activating group) is 1. The molecule has 0 N–H and O–H groups in total. The Morgan fingerprint density at radius 3 is 2.70 bits per heavy atom. The van der Waals surface area contributed by atoms with Crippen LogP contribution in [0.5, 0.6) is 0 Å². The number of oxazole rings is 1. The highest BCUT2D eigenvalue weighted by Crippen LogP contribution is 2.15. The highest BCUT2D eigenvalue weighted by Gasteiger charge is 2.13. The van der Waals surface area contributed by atoms with Crippen LogP contribution in [0.25, 0.3) is 17.2 Å². The molecule has 3 rings (SSSR count). The van der Waals surface area contributed by atoms with Crippen LogP contribution in [0.4, 0.5) is 4.39 Å². The van der Waals surface area contributed by atoms with E-state index in [4.69, 9.17) is 9.15 Å². The summed E-state index contributed by atoms with van der Waals surface area (Å²) in [5.41, 5.74) is 1.67. The van der Waals surface area contributed by atoms with Crippen molar-refractivity contribution in [1.82, 2.24) is 9.88 Å². The number of benzene rings is 2. The van der Waals surface area contributed by atoms with Gasteiger partial charge in [-0.2, -0.15) is 0 Å². The average molecular weight is 368 g/mol. The van der Waals surface area contributed by atoms with Crippen molar-refractivity contribution >= 4 is 29.1 Å². The highest BCUT2D eigenvalue weighted by atomic mass is 19.1. The van der Waals surface area contributed by atoms with Crippen molar-refractivity contribution in [2.45, 2.75) is 6.54 Å². The van der Waals surface area contributed by atoms with Crippen LogP contribution in [0, 0.1) is 5.82 Å². The number of carbonyl (C=O) groups is 2. The zero-order valence-electron chi connectivity index (χ0n) is 14.6. The monoisotopic (exact) mass is 368 g/mol. The lowest BCUT2D eigenvalue weighted by Gasteiger charge is -2.17. The number of amides is 1. The Bertz CT molecular complexity index is 963. The van der Waals surface area contributed by atoms with Crippen molar-refractivity contribution in [1.29, 1.82) is 0 Å². The van der Waals surface area contributed by atoms with Crippen molar-refractivity contribution in [3.63, 3.8) is 0 Å². The second-order valence-electron chi connectivity index (χ2n) is 5.80. The van der Waals surface area contributed by atoms with E-state index in [1.165, 1.54) is 24.1 Å². The average Bonchev–Trinajstić information content (AvgIpc) is 3.09. The van der Waals surface area contributed by atoms with Gasteiger partial charge >= 0.3 is 5.97 Å². The number of halogens is 1. The number of para-hydroxylation sites is 2. The summed E-state index contributed by atoms with van der Waals surface area (Å²) in [5.74, 6) is -1.28. The third kappa shape index (κ3) is 4.78. The molecule has 138 valence electrons. The molecule has 0 saturated carbocycles. The summed E-state index contributed by atoms with van der Waals surface area (Å²) in [6.45, 7) is -0.358. The zero-order valence-corrected chi connectivity index (χ0v) is 14.6. The number of fused-ring (bicyclic) bond motifs is 1. The van der Waals surface area contributed by atoms with Crippen molar-refractivity contribution in [2.75, 3.05) is 13.7 Å². The van der Waals surface area contributed by atoms with Gasteiger partial charge in [0.1, 0.15) is 11.3 Å². The van der Waals surface area contributed by atoms with Crippen LogP contribution in [-0.4, -0.2) is 35.4 Å². The summed E-state index contributed by atoms with van der Waals surface area (Å²) in [6, 6.07) is 13.4. The molecule has 0 fully saturated rings. The van der Waals surface area contributed by atoms with Crippen LogP contribution >= 0.6 is 0 Å². The second kappa shape index (κ2) is 8.27. The van der Waals surface area contributed by atoms with Gasteiger partial charge in [0.05, 0.1) is 0 Å². The van der Waals surface area contributed by atoms with E-state index >= 15 is 0 Å². The van der Waals surface area contributed by atoms with Gasteiger partial charge < -0.3 is 14.1 Å². The minimum Gasteiger partial charge on any atom is -0.452 e. The molecule has 0 unspecified atom stereocenters. The lowest BCUT2D eigenvalue weighted by Crippen LogP contribution is -2.30. The van der Waals surface area contributed by atoms with Gasteiger partial charge in [0.25, 0.3) is 5.91 Å². The first-order valence-corrected chi connectivity index (χ1v) is 8.21. The number of esters is 1. The standard InChI is InChI=1S/C20H17FN2O4/c1-23(12-14-6-2-3-7-15(14)21)19(24)13-26-20(25)11-10-18-22-16-8-4-5-9-17(16)27-18/h2-11H,12-13H2,1H3/b11-10+. The number of aromatic nitrogens is 1. The van der Waals surface area contributed by atoms with Crippen LogP contribution in [0.1, 0.15) is 11.5 Å². The third-order valence-electron chi connectivity index (χ3n) is 3.80. The van der Waals surface area contributed by atoms with Gasteiger partial charge in [0.15, 0.2) is 12.2 Å². The maximum absolute atomic E-state index is 13.6. The van der Waals surface area contributed by atoms with Crippen LogP contribution in [0.2, 0.25) is 0 Å². The van der Waals surface area contributed by atoms with Gasteiger partial charge in [0.2, 0.25) is 5.89 Å². The van der Waals surface area contributed by atoms with Gasteiger partial charge in [-0.1, -0.05) is 30.3 Å². The number of hydrogen-bond acceptors (Lipinski definition) is 5. The molecule has 27 heavy (non-hydrogen) atoms. The zero-order chi connectivity index (χ0) is 19.2. The molecule has 2 aromatic carbocycles. The molecule has 0 radical (unpaired) electrons. The Labute approximate surface area is 154 Å². The van der Waals surface area contributed by atoms with Gasteiger partial charge in [0, 0.05) is 31.3 Å². The first-order valence-electron chi connectivity index (χ1n) is 8.21. The van der Waals surface area contributed by atoms with E-state index in [1.807, 2.05) is 12.1 Å². The lowest BCUT2D eigenvalue weighted by atomic mass is 10.2. The largest absolute Gasteiger partial charge is 0.452 e. The minimum absolute atomic E-state index is 0.0851. The first kappa shape index (κ1) is 18.3. The summed E-state index contributed by atoms with van der Waals surface area (Å²) in [6.07, 6.45) is 2.50. The van der Waals surface area contributed by atoms with E-state index in [0.29, 0.717) is 16.7 Å². The van der Waals surface area contributed by atoms with Crippen molar-refractivity contribution < 1.29 is 23.1 Å². The number of carbonyl (C=O) groups excluding carboxylic acids is 2. The molecule has 0 spiro atoms. The molecule has 1 heterocycles. The molecule has 0 aliphatic rings. The molecule has 3 aromatic rings. The van der Waals surface area contributed by atoms with Crippen molar-refractivity contribution in [3.8, 4) is 0 Å². The Morgan fingerprint density at radius 1 is 1.19 bits per heavy atom. The minimum atomic E-state index is -0.704. The van der Waals surface area contributed by atoms with Crippen LogP contribution in [0.15, 0.2) is 59.0 Å². The SMILES string of the molecule is CN(Cc1ccccc1F)C(=O)COC(=O)/C=C/c1nc2ccccc2o1. The number of hydrogen-bond donors (Lipinski definition) is 0. The molecule has 7 heteroatoms. The molecular formula is C20H17FN2O4. The van der Waals surface area contributed by atoms with Gasteiger partial charge in [-0.25, -0.2) is 14.2 Å². The quantitative estimate of drug-likeness (QED) is 0.494. The fourth-order valence-corrected chi connectivity index (χ4v) is 2.36. The predicted octanol–water partition coefficient (Wildman–Crippen LogP) is 3.18. The maximum atomic E-state index is 13.6. The molecule has 0 atom stereocenters. The molecule has 0 aliphatic heterocycles. The maximum Gasteiger partial charge on any atom is 0.331 e. The summed E-state index contributed by atoms with van der Waals surface area (Å²) in [7, 11) is 1.51. The van der Waals surface area contributed by atoms with Crippen LogP contribution in [-0.2, 0) is 20.9 Å². The van der Waals surface area contributed by atoms with Gasteiger partial charge in [-0.15, -0.1) is 0 Å². The van der Waals surface area contributed by atoms with Crippen LogP contribution < -0.4 is 0 Å². The highest BCUT2D eigenvalue weighted by molar-refractivity contribution is 5.89. The molecule has 6 nitrogen and oxygen atoms in total. The number of nitrogens with zero attached hydrogens (tertiary/aromatic N) is 2. The van der Waals surface area contributed by atoms with E-state index in [-0.39, 0.29) is 12.4 Å². The summed E-state index contributed by atoms with van der Waals surface area (Å²) in [5, 5.41) is 0. The lowest BCUT2D eigenvalue weighted by molar-refractivity contribution is -0.147. The van der Waals surface area contributed by atoms with Crippen molar-refractivity contribution in [3.05, 3.63) is 71.9 Å². The smallest absolute Gasteiger partial charge is 0.331 e. The fourth-order valence-electron chi connectivity index (χ4n) is 2.36. The van der Waals surface area contributed by atoms with E-state index in [2.05, 4.69) is 4.98 Å². The Kier molecular flexibility index (Phi) is 5.61. The normalized spacial score (nSPS) is 11.0. The topological polar surface area (TPSA) is 72.6 Å². The van der Waals surface area contributed by atoms with E-state index in [9.17, 15) is 14.0 Å².